The van der Waals surface area contributed by atoms with Crippen LogP contribution in [0, 0.1) is 12.7 Å². The van der Waals surface area contributed by atoms with Crippen molar-refractivity contribution in [1.29, 1.82) is 0 Å². The van der Waals surface area contributed by atoms with E-state index in [-0.39, 0.29) is 30.3 Å². The first-order chi connectivity index (χ1) is 15.3. The zero-order valence-corrected chi connectivity index (χ0v) is 18.2. The lowest BCUT2D eigenvalue weighted by atomic mass is 9.79. The van der Waals surface area contributed by atoms with E-state index in [0.29, 0.717) is 40.1 Å². The van der Waals surface area contributed by atoms with E-state index in [1.807, 2.05) is 6.92 Å². The first-order valence-corrected chi connectivity index (χ1v) is 11.1. The van der Waals surface area contributed by atoms with Crippen molar-refractivity contribution in [1.82, 2.24) is 9.55 Å². The van der Waals surface area contributed by atoms with Gasteiger partial charge in [0.05, 0.1) is 29.0 Å². The number of carbonyl (C=O) groups excluding carboxylic acids is 1. The number of aromatic nitrogens is 2. The molecule has 0 spiro atoms. The molecular formula is C25H23FN2O4. The van der Waals surface area contributed by atoms with Crippen molar-refractivity contribution in [3.63, 3.8) is 0 Å². The van der Waals surface area contributed by atoms with Crippen LogP contribution in [0.15, 0.2) is 16.9 Å². The van der Waals surface area contributed by atoms with Crippen molar-refractivity contribution in [2.75, 3.05) is 0 Å². The Balaban J connectivity index is 1.70. The number of fused-ring (bicyclic) bond motifs is 5. The number of benzene rings is 1. The van der Waals surface area contributed by atoms with E-state index in [4.69, 9.17) is 9.72 Å². The van der Waals surface area contributed by atoms with Crippen LogP contribution < -0.4 is 5.56 Å². The van der Waals surface area contributed by atoms with Gasteiger partial charge in [0.2, 0.25) is 0 Å². The summed E-state index contributed by atoms with van der Waals surface area (Å²) in [6, 6.07) is 3.19. The molecule has 32 heavy (non-hydrogen) atoms. The predicted molar refractivity (Wildman–Crippen MR) is 116 cm³/mol. The maximum Gasteiger partial charge on any atom is 0.343 e. The van der Waals surface area contributed by atoms with Gasteiger partial charge in [-0.25, -0.2) is 14.2 Å². The number of aryl methyl sites for hydroxylation is 1. The van der Waals surface area contributed by atoms with Gasteiger partial charge in [-0.1, -0.05) is 13.8 Å². The normalized spacial score (nSPS) is 23.0. The van der Waals surface area contributed by atoms with Gasteiger partial charge in [0.15, 0.2) is 5.60 Å². The third-order valence-corrected chi connectivity index (χ3v) is 7.67. The third kappa shape index (κ3) is 2.24. The van der Waals surface area contributed by atoms with Crippen LogP contribution in [0.4, 0.5) is 4.39 Å². The fourth-order valence-electron chi connectivity index (χ4n) is 5.79. The van der Waals surface area contributed by atoms with Crippen LogP contribution in [0.25, 0.3) is 22.3 Å². The molecule has 0 saturated carbocycles. The summed E-state index contributed by atoms with van der Waals surface area (Å²) in [6.07, 6.45) is 1.80. The topological polar surface area (TPSA) is 81.4 Å². The van der Waals surface area contributed by atoms with Gasteiger partial charge in [-0.15, -0.1) is 0 Å². The number of halogens is 1. The first-order valence-electron chi connectivity index (χ1n) is 11.1. The molecule has 7 heteroatoms. The standard InChI is InChI=1S/C25H23FN2O4/c1-4-25(31)16-7-19-22-14(9-28(19)23(29)15(16)10-32-24(25)30)20-11(2)5-6-13-12(3)17(26)8-18(27-22)21(13)20/h7-8,11,31H,4-6,9-10H2,1-3H3/t11-,25-/m0/s1. The van der Waals surface area contributed by atoms with Crippen molar-refractivity contribution in [3.05, 3.63) is 61.7 Å². The molecule has 4 heterocycles. The minimum atomic E-state index is -1.86. The molecule has 0 radical (unpaired) electrons. The number of carbonyl (C=O) groups is 1. The van der Waals surface area contributed by atoms with Crippen LogP contribution in [0.1, 0.15) is 66.0 Å². The molecule has 2 aromatic heterocycles. The van der Waals surface area contributed by atoms with Crippen molar-refractivity contribution in [2.45, 2.75) is 64.7 Å². The Bertz CT molecular complexity index is 1440. The van der Waals surface area contributed by atoms with Gasteiger partial charge in [0, 0.05) is 22.6 Å². The lowest BCUT2D eigenvalue weighted by molar-refractivity contribution is -0.172. The number of cyclic esters (lactones) is 1. The van der Waals surface area contributed by atoms with E-state index in [0.717, 1.165) is 34.9 Å². The zero-order valence-electron chi connectivity index (χ0n) is 18.2. The Hall–Kier alpha value is -3.06. The lowest BCUT2D eigenvalue weighted by Gasteiger charge is -2.31. The summed E-state index contributed by atoms with van der Waals surface area (Å²) in [5, 5.41) is 12.0. The quantitative estimate of drug-likeness (QED) is 0.463. The summed E-state index contributed by atoms with van der Waals surface area (Å²) in [7, 11) is 0. The third-order valence-electron chi connectivity index (χ3n) is 7.67. The molecule has 164 valence electrons. The van der Waals surface area contributed by atoms with E-state index < -0.39 is 11.6 Å². The van der Waals surface area contributed by atoms with Crippen LogP contribution in [0.3, 0.4) is 0 Å². The van der Waals surface area contributed by atoms with Gasteiger partial charge < -0.3 is 14.4 Å². The highest BCUT2D eigenvalue weighted by Gasteiger charge is 2.45. The molecule has 1 aromatic carbocycles. The molecule has 6 nitrogen and oxygen atoms in total. The Labute approximate surface area is 183 Å². The number of ether oxygens (including phenoxy) is 1. The Morgan fingerprint density at radius 2 is 2.06 bits per heavy atom. The summed E-state index contributed by atoms with van der Waals surface area (Å²) >= 11 is 0. The number of esters is 1. The van der Waals surface area contributed by atoms with E-state index in [9.17, 15) is 19.1 Å². The molecule has 0 unspecified atom stereocenters. The second-order valence-electron chi connectivity index (χ2n) is 9.25. The molecular weight excluding hydrogens is 411 g/mol. The van der Waals surface area contributed by atoms with Crippen LogP contribution in [0.2, 0.25) is 0 Å². The zero-order chi connectivity index (χ0) is 22.5. The SMILES string of the molecule is CC[C@@]1(O)C(=O)OCc2c1cc1n(c2=O)Cc2c-1nc1cc(F)c(C)c3c1c2[C@@H](C)CC3. The van der Waals surface area contributed by atoms with Gasteiger partial charge in [-0.3, -0.25) is 4.79 Å². The predicted octanol–water partition coefficient (Wildman–Crippen LogP) is 3.58. The molecule has 3 aromatic rings. The highest BCUT2D eigenvalue weighted by atomic mass is 19.1. The summed E-state index contributed by atoms with van der Waals surface area (Å²) < 4.78 is 21.5. The van der Waals surface area contributed by atoms with Gasteiger partial charge in [-0.05, 0) is 54.9 Å². The Morgan fingerprint density at radius 1 is 1.28 bits per heavy atom. The number of pyridine rings is 2. The molecule has 1 aliphatic carbocycles. The Morgan fingerprint density at radius 3 is 2.81 bits per heavy atom. The summed E-state index contributed by atoms with van der Waals surface area (Å²) in [6.45, 7) is 5.87. The molecule has 2 aliphatic heterocycles. The van der Waals surface area contributed by atoms with Gasteiger partial charge in [-0.2, -0.15) is 0 Å². The van der Waals surface area contributed by atoms with Crippen molar-refractivity contribution < 1.29 is 19.0 Å². The molecule has 1 N–H and O–H groups in total. The second kappa shape index (κ2) is 6.25. The van der Waals surface area contributed by atoms with Gasteiger partial charge in [0.1, 0.15) is 12.4 Å². The van der Waals surface area contributed by atoms with Crippen molar-refractivity contribution >= 4 is 16.9 Å². The number of nitrogens with zero attached hydrogens (tertiary/aromatic N) is 2. The highest BCUT2D eigenvalue weighted by Crippen LogP contribution is 2.46. The summed E-state index contributed by atoms with van der Waals surface area (Å²) in [5.41, 5.74) is 4.02. The minimum absolute atomic E-state index is 0.0931. The molecule has 0 bridgehead atoms. The minimum Gasteiger partial charge on any atom is -0.458 e. The molecule has 0 fully saturated rings. The fraction of sp³-hybridized carbons (Fsp3) is 0.400. The lowest BCUT2D eigenvalue weighted by Crippen LogP contribution is -2.44. The number of rotatable bonds is 1. The monoisotopic (exact) mass is 434 g/mol. The van der Waals surface area contributed by atoms with Gasteiger partial charge in [0.25, 0.3) is 5.56 Å². The summed E-state index contributed by atoms with van der Waals surface area (Å²) in [5.74, 6) is -0.763. The smallest absolute Gasteiger partial charge is 0.343 e. The Kier molecular flexibility index (Phi) is 3.83. The first kappa shape index (κ1) is 19.6. The number of hydrogen-bond acceptors (Lipinski definition) is 5. The average molecular weight is 434 g/mol. The fourth-order valence-corrected chi connectivity index (χ4v) is 5.79. The largest absolute Gasteiger partial charge is 0.458 e. The second-order valence-corrected chi connectivity index (χ2v) is 9.25. The van der Waals surface area contributed by atoms with E-state index in [1.165, 1.54) is 6.07 Å². The molecule has 6 rings (SSSR count). The van der Waals surface area contributed by atoms with Crippen LogP contribution in [-0.2, 0) is 34.7 Å². The maximum absolute atomic E-state index is 14.7. The maximum atomic E-state index is 14.7. The number of aliphatic hydroxyl groups is 1. The molecule has 3 aliphatic rings. The summed E-state index contributed by atoms with van der Waals surface area (Å²) in [4.78, 5) is 30.6. The van der Waals surface area contributed by atoms with Crippen LogP contribution in [0.5, 0.6) is 0 Å². The van der Waals surface area contributed by atoms with Crippen molar-refractivity contribution in [3.8, 4) is 11.4 Å². The average Bonchev–Trinajstić information content (AvgIpc) is 3.14. The van der Waals surface area contributed by atoms with E-state index in [2.05, 4.69) is 6.92 Å². The highest BCUT2D eigenvalue weighted by molar-refractivity contribution is 5.93. The molecule has 0 saturated heterocycles. The number of hydrogen-bond donors (Lipinski definition) is 1. The molecule has 0 amide bonds. The van der Waals surface area contributed by atoms with Crippen molar-refractivity contribution in [2.24, 2.45) is 0 Å². The van der Waals surface area contributed by atoms with Gasteiger partial charge >= 0.3 is 5.97 Å². The van der Waals surface area contributed by atoms with Crippen LogP contribution >= 0.6 is 0 Å². The molecule has 2 atom stereocenters. The van der Waals surface area contributed by atoms with E-state index >= 15 is 0 Å². The van der Waals surface area contributed by atoms with E-state index in [1.54, 1.807) is 17.6 Å². The van der Waals surface area contributed by atoms with Crippen LogP contribution in [-0.4, -0.2) is 20.6 Å².